The molecular weight excluding hydrogens is 482 g/mol. The third kappa shape index (κ3) is 5.79. The van der Waals surface area contributed by atoms with Crippen molar-refractivity contribution >= 4 is 17.5 Å². The first kappa shape index (κ1) is 26.1. The van der Waals surface area contributed by atoms with Gasteiger partial charge in [0.05, 0.1) is 11.9 Å². The molecule has 5 rings (SSSR count). The fraction of sp³-hybridized carbons (Fsp3) is 0.481. The van der Waals surface area contributed by atoms with Crippen LogP contribution >= 0.6 is 0 Å². The highest BCUT2D eigenvalue weighted by Crippen LogP contribution is 2.27. The zero-order valence-electron chi connectivity index (χ0n) is 22.5. The summed E-state index contributed by atoms with van der Waals surface area (Å²) in [7, 11) is 0. The first-order chi connectivity index (χ1) is 18.2. The van der Waals surface area contributed by atoms with Crippen LogP contribution < -0.4 is 26.4 Å². The summed E-state index contributed by atoms with van der Waals surface area (Å²) >= 11 is 0. The minimum atomic E-state index is -1.41. The van der Waals surface area contributed by atoms with E-state index < -0.39 is 5.60 Å². The number of hydrazine groups is 1. The number of nitrogens with one attached hydrogen (secondary N) is 4. The molecule has 2 unspecified atom stereocenters. The normalized spacial score (nSPS) is 20.9. The molecule has 2 atom stereocenters. The SMILES string of the molecule is Cc1cc(NC2CC(C)NN2)nc(N2CCC(O)(C(=O)NCc3ccc(-n4nc(C)cc4C)nc3)CC2)c1. The fourth-order valence-electron chi connectivity index (χ4n) is 5.06. The highest BCUT2D eigenvalue weighted by Gasteiger charge is 2.39. The number of piperidine rings is 1. The van der Waals surface area contributed by atoms with Crippen LogP contribution in [0.4, 0.5) is 11.6 Å². The fourth-order valence-corrected chi connectivity index (χ4v) is 5.06. The van der Waals surface area contributed by atoms with Gasteiger partial charge in [-0.1, -0.05) is 6.07 Å². The van der Waals surface area contributed by atoms with E-state index in [2.05, 4.69) is 43.4 Å². The van der Waals surface area contributed by atoms with Gasteiger partial charge in [-0.2, -0.15) is 5.10 Å². The summed E-state index contributed by atoms with van der Waals surface area (Å²) in [6.45, 7) is 9.49. The van der Waals surface area contributed by atoms with Crippen molar-refractivity contribution in [2.45, 2.75) is 71.3 Å². The van der Waals surface area contributed by atoms with E-state index in [1.54, 1.807) is 10.9 Å². The number of aliphatic hydroxyl groups is 1. The van der Waals surface area contributed by atoms with Gasteiger partial charge in [0, 0.05) is 50.4 Å². The Bertz CT molecular complexity index is 1280. The lowest BCUT2D eigenvalue weighted by Gasteiger charge is -2.37. The van der Waals surface area contributed by atoms with Crippen LogP contribution in [0.3, 0.4) is 0 Å². The molecule has 2 saturated heterocycles. The van der Waals surface area contributed by atoms with E-state index >= 15 is 0 Å². The van der Waals surface area contributed by atoms with Gasteiger partial charge in [-0.3, -0.25) is 10.2 Å². The second-order valence-electron chi connectivity index (χ2n) is 10.6. The topological polar surface area (TPSA) is 132 Å². The standard InChI is InChI=1S/C27H37N9O2/c1-17-11-22(30-23-14-18(2)32-33-23)31-25(12-17)35-9-7-27(38,8-10-35)26(37)29-16-21-5-6-24(28-15-21)36-20(4)13-19(3)34-36/h5-6,11-13,15,18,23,32-33,38H,7-10,14,16H2,1-4H3,(H,29,37)(H,30,31). The Labute approximate surface area is 223 Å². The Morgan fingerprint density at radius 3 is 2.55 bits per heavy atom. The summed E-state index contributed by atoms with van der Waals surface area (Å²) < 4.78 is 1.79. The molecule has 0 spiro atoms. The lowest BCUT2D eigenvalue weighted by atomic mass is 9.90. The molecule has 2 aliphatic rings. The van der Waals surface area contributed by atoms with Crippen LogP contribution in [0, 0.1) is 20.8 Å². The average Bonchev–Trinajstić information content (AvgIpc) is 3.46. The Morgan fingerprint density at radius 1 is 1.13 bits per heavy atom. The van der Waals surface area contributed by atoms with Crippen LogP contribution in [0.5, 0.6) is 0 Å². The molecule has 0 aliphatic carbocycles. The molecule has 0 aromatic carbocycles. The molecule has 5 N–H and O–H groups in total. The Hall–Kier alpha value is -3.54. The molecule has 3 aromatic rings. The highest BCUT2D eigenvalue weighted by molar-refractivity contribution is 5.85. The third-order valence-corrected chi connectivity index (χ3v) is 7.20. The van der Waals surface area contributed by atoms with E-state index in [0.717, 1.165) is 46.4 Å². The molecule has 3 aromatic heterocycles. The van der Waals surface area contributed by atoms with Gasteiger partial charge in [0.25, 0.3) is 5.91 Å². The van der Waals surface area contributed by atoms with E-state index in [1.807, 2.05) is 51.1 Å². The molecule has 2 fully saturated rings. The number of pyridine rings is 2. The molecule has 38 heavy (non-hydrogen) atoms. The Balaban J connectivity index is 1.15. The van der Waals surface area contributed by atoms with E-state index in [4.69, 9.17) is 4.98 Å². The summed E-state index contributed by atoms with van der Waals surface area (Å²) in [6.07, 6.45) is 3.47. The number of rotatable bonds is 7. The minimum Gasteiger partial charge on any atom is -0.380 e. The zero-order chi connectivity index (χ0) is 26.9. The molecule has 1 amide bonds. The largest absolute Gasteiger partial charge is 0.380 e. The van der Waals surface area contributed by atoms with Crippen molar-refractivity contribution in [3.05, 3.63) is 59.0 Å². The second kappa shape index (κ2) is 10.7. The number of aromatic nitrogens is 4. The first-order valence-corrected chi connectivity index (χ1v) is 13.2. The minimum absolute atomic E-state index is 0.118. The number of aryl methyl sites for hydroxylation is 3. The van der Waals surface area contributed by atoms with Gasteiger partial charge >= 0.3 is 0 Å². The van der Waals surface area contributed by atoms with Gasteiger partial charge in [-0.05, 0) is 69.5 Å². The summed E-state index contributed by atoms with van der Waals surface area (Å²) in [5.74, 6) is 2.03. The predicted octanol–water partition coefficient (Wildman–Crippen LogP) is 1.86. The van der Waals surface area contributed by atoms with E-state index in [1.165, 1.54) is 0 Å². The first-order valence-electron chi connectivity index (χ1n) is 13.2. The van der Waals surface area contributed by atoms with E-state index in [0.29, 0.717) is 38.5 Å². The van der Waals surface area contributed by atoms with Crippen molar-refractivity contribution in [2.24, 2.45) is 0 Å². The number of nitrogens with zero attached hydrogens (tertiary/aromatic N) is 5. The monoisotopic (exact) mass is 519 g/mol. The van der Waals surface area contributed by atoms with Crippen molar-refractivity contribution in [1.82, 2.24) is 35.9 Å². The summed E-state index contributed by atoms with van der Waals surface area (Å²) in [6, 6.07) is 10.3. The molecular formula is C27H37N9O2. The Morgan fingerprint density at radius 2 is 1.92 bits per heavy atom. The predicted molar refractivity (Wildman–Crippen MR) is 146 cm³/mol. The van der Waals surface area contributed by atoms with Gasteiger partial charge < -0.3 is 20.6 Å². The maximum Gasteiger partial charge on any atom is 0.252 e. The van der Waals surface area contributed by atoms with Crippen LogP contribution in [0.15, 0.2) is 36.5 Å². The molecule has 11 heteroatoms. The molecule has 11 nitrogen and oxygen atoms in total. The number of carbonyl (C=O) groups excluding carboxylic acids is 1. The van der Waals surface area contributed by atoms with Crippen molar-refractivity contribution in [3.63, 3.8) is 0 Å². The van der Waals surface area contributed by atoms with Crippen LogP contribution in [-0.4, -0.2) is 61.7 Å². The van der Waals surface area contributed by atoms with Crippen LogP contribution in [0.2, 0.25) is 0 Å². The average molecular weight is 520 g/mol. The number of carbonyl (C=O) groups is 1. The summed E-state index contributed by atoms with van der Waals surface area (Å²) in [5, 5.41) is 21.9. The Kier molecular flexibility index (Phi) is 7.33. The maximum absolute atomic E-state index is 12.9. The second-order valence-corrected chi connectivity index (χ2v) is 10.6. The van der Waals surface area contributed by atoms with Crippen LogP contribution in [-0.2, 0) is 11.3 Å². The van der Waals surface area contributed by atoms with Crippen LogP contribution in [0.25, 0.3) is 5.82 Å². The number of hydrogen-bond donors (Lipinski definition) is 5. The van der Waals surface area contributed by atoms with E-state index in [-0.39, 0.29) is 12.1 Å². The molecule has 2 aliphatic heterocycles. The number of hydrogen-bond acceptors (Lipinski definition) is 9. The van der Waals surface area contributed by atoms with Crippen molar-refractivity contribution in [1.29, 1.82) is 0 Å². The van der Waals surface area contributed by atoms with Crippen molar-refractivity contribution < 1.29 is 9.90 Å². The smallest absolute Gasteiger partial charge is 0.252 e. The molecule has 202 valence electrons. The van der Waals surface area contributed by atoms with Gasteiger partial charge in [0.2, 0.25) is 0 Å². The van der Waals surface area contributed by atoms with Crippen molar-refractivity contribution in [3.8, 4) is 5.82 Å². The van der Waals surface area contributed by atoms with E-state index in [9.17, 15) is 9.90 Å². The number of anilines is 2. The summed E-state index contributed by atoms with van der Waals surface area (Å²) in [4.78, 5) is 24.4. The zero-order valence-corrected chi connectivity index (χ0v) is 22.5. The van der Waals surface area contributed by atoms with Gasteiger partial charge in [0.15, 0.2) is 5.82 Å². The highest BCUT2D eigenvalue weighted by atomic mass is 16.3. The molecule has 0 saturated carbocycles. The van der Waals surface area contributed by atoms with Crippen LogP contribution in [0.1, 0.15) is 48.7 Å². The molecule has 0 radical (unpaired) electrons. The number of amides is 1. The van der Waals surface area contributed by atoms with Gasteiger partial charge in [-0.25, -0.2) is 20.1 Å². The van der Waals surface area contributed by atoms with Crippen molar-refractivity contribution in [2.75, 3.05) is 23.3 Å². The molecule has 5 heterocycles. The molecule has 0 bridgehead atoms. The maximum atomic E-state index is 12.9. The third-order valence-electron chi connectivity index (χ3n) is 7.20. The lowest BCUT2D eigenvalue weighted by molar-refractivity contribution is -0.142. The van der Waals surface area contributed by atoms with Gasteiger partial charge in [0.1, 0.15) is 17.2 Å². The quantitative estimate of drug-likeness (QED) is 0.317. The lowest BCUT2D eigenvalue weighted by Crippen LogP contribution is -2.53. The summed E-state index contributed by atoms with van der Waals surface area (Å²) in [5.41, 5.74) is 8.94. The van der Waals surface area contributed by atoms with Gasteiger partial charge in [-0.15, -0.1) is 0 Å².